The van der Waals surface area contributed by atoms with E-state index in [1.54, 1.807) is 18.2 Å². The number of carboxylic acid groups (broad SMARTS) is 4. The number of nitrogens with zero attached hydrogens (tertiary/aromatic N) is 2. The Kier molecular flexibility index (Phi) is 16.2. The molecule has 0 spiro atoms. The third-order valence-electron chi connectivity index (χ3n) is 4.48. The second-order valence-electron chi connectivity index (χ2n) is 7.74. The maximum Gasteiger partial charge on any atom is 3.00 e. The van der Waals surface area contributed by atoms with E-state index in [0.717, 1.165) is 9.80 Å². The molecule has 0 aliphatic heterocycles. The first-order valence-corrected chi connectivity index (χ1v) is 10.6. The third-order valence-corrected chi connectivity index (χ3v) is 4.48. The summed E-state index contributed by atoms with van der Waals surface area (Å²) in [5, 5.41) is 36.6. The minimum atomic E-state index is -1.26. The quantitative estimate of drug-likeness (QED) is 0.0783. The first kappa shape index (κ1) is 34.1. The maximum atomic E-state index is 11.5. The summed E-state index contributed by atoms with van der Waals surface area (Å²) >= 11 is 0. The van der Waals surface area contributed by atoms with Gasteiger partial charge < -0.3 is 29.9 Å². The number of aliphatic carboxylic acids is 4. The monoisotopic (exact) mass is 598 g/mol. The molecule has 1 aromatic rings. The molecule has 0 bridgehead atoms. The van der Waals surface area contributed by atoms with Crippen LogP contribution in [0, 0.1) is 6.42 Å². The molecule has 14 heteroatoms. The van der Waals surface area contributed by atoms with Crippen molar-refractivity contribution >= 4 is 29.8 Å². The maximum absolute atomic E-state index is 11.5. The smallest absolute Gasteiger partial charge is 0.525 e. The van der Waals surface area contributed by atoms with Gasteiger partial charge in [-0.1, -0.05) is 18.7 Å². The van der Waals surface area contributed by atoms with E-state index in [0.29, 0.717) is 11.1 Å². The van der Waals surface area contributed by atoms with Crippen LogP contribution in [0.2, 0.25) is 0 Å². The Morgan fingerprint density at radius 2 is 1.32 bits per heavy atom. The summed E-state index contributed by atoms with van der Waals surface area (Å²) < 4.78 is 10.7. The predicted octanol–water partition coefficient (Wildman–Crippen LogP) is 0.329. The molecule has 13 nitrogen and oxygen atoms in total. The average molecular weight is 598 g/mol. The molecular formula is C23H29N2O11Y+2. The summed E-state index contributed by atoms with van der Waals surface area (Å²) in [5.41, 5.74) is 1.00. The first-order chi connectivity index (χ1) is 16.9. The summed E-state index contributed by atoms with van der Waals surface area (Å²) in [6.45, 7) is 2.17. The number of carbonyl (C=O) groups excluding carboxylic acids is 1. The summed E-state index contributed by atoms with van der Waals surface area (Å²) in [6.07, 6.45) is 1.50. The molecule has 198 valence electrons. The van der Waals surface area contributed by atoms with Crippen molar-refractivity contribution in [3.8, 4) is 5.75 Å². The standard InChI is InChI=1S/C23H29N2O11.Y/c1-15(2)23(34)36-8-4-7-35-18-6-3-5-16(9-24(11-19(26)27)12-20(28)29)17(18)10-25(13-21(30)31)14-22(32)33;/h3-6H,1,7-14H2,2H3,(H,26,27)(H,28,29)(H,30,31)(H,32,33);/q-1;+3. The number of hydrogen-bond acceptors (Lipinski definition) is 9. The summed E-state index contributed by atoms with van der Waals surface area (Å²) in [4.78, 5) is 58.7. The van der Waals surface area contributed by atoms with Crippen molar-refractivity contribution < 1.29 is 86.6 Å². The van der Waals surface area contributed by atoms with E-state index in [2.05, 4.69) is 6.58 Å². The summed E-state index contributed by atoms with van der Waals surface area (Å²) in [5.74, 6) is -5.36. The van der Waals surface area contributed by atoms with Gasteiger partial charge in [0.2, 0.25) is 0 Å². The fourth-order valence-electron chi connectivity index (χ4n) is 3.09. The molecule has 0 saturated heterocycles. The van der Waals surface area contributed by atoms with Crippen LogP contribution in [-0.2, 0) is 74.5 Å². The van der Waals surface area contributed by atoms with Gasteiger partial charge in [-0.15, -0.1) is 0 Å². The number of hydrogen-bond donors (Lipinski definition) is 4. The van der Waals surface area contributed by atoms with E-state index < -0.39 is 56.0 Å². The van der Waals surface area contributed by atoms with Crippen molar-refractivity contribution in [2.45, 2.75) is 20.0 Å². The van der Waals surface area contributed by atoms with Gasteiger partial charge in [-0.3, -0.25) is 35.4 Å². The van der Waals surface area contributed by atoms with Gasteiger partial charge in [0.15, 0.2) is 0 Å². The summed E-state index contributed by atoms with van der Waals surface area (Å²) in [7, 11) is 0. The van der Waals surface area contributed by atoms with E-state index in [4.69, 9.17) is 19.7 Å². The van der Waals surface area contributed by atoms with Crippen molar-refractivity contribution in [2.75, 3.05) is 39.4 Å². The molecule has 4 N–H and O–H groups in total. The van der Waals surface area contributed by atoms with Gasteiger partial charge in [-0.2, -0.15) is 0 Å². The average Bonchev–Trinajstić information content (AvgIpc) is 2.73. The zero-order chi connectivity index (χ0) is 27.3. The summed E-state index contributed by atoms with van der Waals surface area (Å²) in [6, 6.07) is 4.70. The Morgan fingerprint density at radius 3 is 1.78 bits per heavy atom. The van der Waals surface area contributed by atoms with Crippen LogP contribution in [0.3, 0.4) is 0 Å². The number of carbonyl (C=O) groups is 5. The van der Waals surface area contributed by atoms with Crippen LogP contribution in [0.5, 0.6) is 5.75 Å². The van der Waals surface area contributed by atoms with Crippen LogP contribution in [0.1, 0.15) is 18.1 Å². The molecule has 0 unspecified atom stereocenters. The van der Waals surface area contributed by atoms with E-state index in [9.17, 15) is 34.2 Å². The Bertz CT molecular complexity index is 951. The second kappa shape index (κ2) is 17.6. The predicted molar refractivity (Wildman–Crippen MR) is 123 cm³/mol. The minimum Gasteiger partial charge on any atom is -0.525 e. The Morgan fingerprint density at radius 1 is 0.838 bits per heavy atom. The van der Waals surface area contributed by atoms with Gasteiger partial charge in [0.25, 0.3) is 0 Å². The zero-order valence-electron chi connectivity index (χ0n) is 20.3. The topological polar surface area (TPSA) is 191 Å². The normalized spacial score (nSPS) is 10.5. The molecule has 0 aliphatic rings. The molecule has 0 atom stereocenters. The van der Waals surface area contributed by atoms with Crippen molar-refractivity contribution in [3.05, 3.63) is 47.9 Å². The molecule has 37 heavy (non-hydrogen) atoms. The van der Waals surface area contributed by atoms with Gasteiger partial charge >= 0.3 is 62.6 Å². The fourth-order valence-corrected chi connectivity index (χ4v) is 3.09. The number of ether oxygens (including phenoxy) is 2. The molecule has 0 radical (unpaired) electrons. The van der Waals surface area contributed by atoms with E-state index in [1.807, 2.05) is 0 Å². The first-order valence-electron chi connectivity index (χ1n) is 10.6. The molecule has 0 saturated carbocycles. The SMILES string of the molecule is C=C(C)C(=O)OC[CH-]COc1cccc(CN(CC(=O)O)CC(=O)O)c1CN(CC(=O)O)CC(=O)O.[Y+3]. The van der Waals surface area contributed by atoms with E-state index in [1.165, 1.54) is 13.3 Å². The molecule has 0 heterocycles. The third kappa shape index (κ3) is 14.5. The number of benzene rings is 1. The molecular weight excluding hydrogens is 569 g/mol. The van der Waals surface area contributed by atoms with Crippen LogP contribution < -0.4 is 4.74 Å². The molecule has 0 fully saturated rings. The van der Waals surface area contributed by atoms with Crippen LogP contribution in [-0.4, -0.2) is 99.5 Å². The Balaban J connectivity index is 0.0000130. The van der Waals surface area contributed by atoms with Gasteiger partial charge in [-0.25, -0.2) is 4.79 Å². The van der Waals surface area contributed by atoms with Crippen LogP contribution in [0.4, 0.5) is 0 Å². The minimum absolute atomic E-state index is 0. The zero-order valence-corrected chi connectivity index (χ0v) is 23.1. The van der Waals surface area contributed by atoms with E-state index in [-0.39, 0.29) is 70.3 Å². The Labute approximate surface area is 238 Å². The number of esters is 1. The number of rotatable bonds is 18. The van der Waals surface area contributed by atoms with Crippen molar-refractivity contribution in [1.29, 1.82) is 0 Å². The van der Waals surface area contributed by atoms with Crippen LogP contribution >= 0.6 is 0 Å². The fraction of sp³-hybridized carbons (Fsp3) is 0.391. The van der Waals surface area contributed by atoms with Gasteiger partial charge in [-0.05, 0) is 31.8 Å². The van der Waals surface area contributed by atoms with Crippen molar-refractivity contribution in [2.24, 2.45) is 0 Å². The van der Waals surface area contributed by atoms with Gasteiger partial charge in [0, 0.05) is 24.2 Å². The van der Waals surface area contributed by atoms with Crippen LogP contribution in [0.25, 0.3) is 0 Å². The van der Waals surface area contributed by atoms with Gasteiger partial charge in [0.1, 0.15) is 5.75 Å². The molecule has 1 aromatic carbocycles. The molecule has 0 aromatic heterocycles. The van der Waals surface area contributed by atoms with E-state index >= 15 is 0 Å². The largest absolute Gasteiger partial charge is 3.00 e. The molecule has 0 amide bonds. The molecule has 0 aliphatic carbocycles. The number of carboxylic acids is 4. The van der Waals surface area contributed by atoms with Crippen molar-refractivity contribution in [3.63, 3.8) is 0 Å². The molecule has 1 rings (SSSR count). The van der Waals surface area contributed by atoms with Crippen LogP contribution in [0.15, 0.2) is 30.4 Å². The van der Waals surface area contributed by atoms with Crippen molar-refractivity contribution in [1.82, 2.24) is 9.80 Å². The second-order valence-corrected chi connectivity index (χ2v) is 7.74. The Hall–Kier alpha value is -2.87. The van der Waals surface area contributed by atoms with Gasteiger partial charge in [0.05, 0.1) is 26.2 Å².